The molecule has 0 aliphatic rings. The summed E-state index contributed by atoms with van der Waals surface area (Å²) in [7, 11) is -11.8. The molecule has 0 rings (SSSR count). The summed E-state index contributed by atoms with van der Waals surface area (Å²) in [5, 5.41) is 0. The van der Waals surface area contributed by atoms with Gasteiger partial charge in [0.1, 0.15) is 0 Å². The minimum Gasteiger partial charge on any atom is -0.849 e. The van der Waals surface area contributed by atoms with Crippen LogP contribution in [0.4, 0.5) is 0 Å². The van der Waals surface area contributed by atoms with Crippen molar-refractivity contribution in [2.75, 3.05) is 0 Å². The molecule has 0 bridgehead atoms. The maximum absolute atomic E-state index is 9.35. The van der Waals surface area contributed by atoms with Crippen LogP contribution in [-0.4, -0.2) is 126 Å². The van der Waals surface area contributed by atoms with Crippen molar-refractivity contribution < 1.29 is 43.2 Å². The first-order valence-electron chi connectivity index (χ1n) is 3.43. The van der Waals surface area contributed by atoms with Gasteiger partial charge < -0.3 is 43.2 Å². The molecule has 5 N–H and O–H groups in total. The molecular weight excluding hydrogens is 344 g/mol. The average molecular weight is 359 g/mol. The van der Waals surface area contributed by atoms with E-state index in [1.54, 1.807) is 0 Å². The van der Waals surface area contributed by atoms with Crippen molar-refractivity contribution in [3.63, 3.8) is 0 Å². The van der Waals surface area contributed by atoms with Crippen LogP contribution in [-0.2, 0) is 0 Å². The van der Waals surface area contributed by atoms with Crippen molar-refractivity contribution in [3.05, 3.63) is 0 Å². The van der Waals surface area contributed by atoms with Gasteiger partial charge in [0.05, 0.1) is 0 Å². The maximum Gasteiger partial charge on any atom is 2.00 e. The topological polar surface area (TPSA) is 193 Å². The summed E-state index contributed by atoms with van der Waals surface area (Å²) in [4.78, 5) is 75.4. The SMILES string of the molecule is C[Si]([O-])(O)O.C[Si]([O-])(O)O.C[Si]([O-])([O-])O.[Ca+2].[Ca+2]. The van der Waals surface area contributed by atoms with Crippen molar-refractivity contribution in [3.8, 4) is 0 Å². The van der Waals surface area contributed by atoms with Gasteiger partial charge in [-0.05, 0) is 21.9 Å². The number of hydrogen-bond acceptors (Lipinski definition) is 9. The molecule has 0 atom stereocenters. The molecule has 0 amide bonds. The van der Waals surface area contributed by atoms with Crippen LogP contribution in [0.25, 0.3) is 0 Å². The van der Waals surface area contributed by atoms with Crippen molar-refractivity contribution in [2.24, 2.45) is 0 Å². The second-order valence-corrected chi connectivity index (χ2v) is 8.30. The quantitative estimate of drug-likeness (QED) is 0.261. The minimum atomic E-state index is -4.11. The molecule has 96 valence electrons. The fourth-order valence-corrected chi connectivity index (χ4v) is 0. The van der Waals surface area contributed by atoms with E-state index in [2.05, 4.69) is 0 Å². The smallest absolute Gasteiger partial charge is 0.849 e. The molecule has 17 heavy (non-hydrogen) atoms. The zero-order valence-electron chi connectivity index (χ0n) is 9.78. The van der Waals surface area contributed by atoms with E-state index in [9.17, 15) is 19.2 Å². The Hall–Kier alpha value is 2.81. The molecular formula is C3H14Ca2O9Si3. The standard InChI is InChI=1S/2CH5O3Si.CH4O3Si.2Ca/c3*1-5(2,3)4;;/h2*2-3H,1H3;2H,1H3;;/q2*-1;-2;2*+2. The monoisotopic (exact) mass is 358 g/mol. The van der Waals surface area contributed by atoms with Gasteiger partial charge >= 0.3 is 75.5 Å². The van der Waals surface area contributed by atoms with Crippen LogP contribution in [0.2, 0.25) is 19.6 Å². The van der Waals surface area contributed by atoms with E-state index in [-0.39, 0.29) is 75.5 Å². The van der Waals surface area contributed by atoms with E-state index in [1.807, 2.05) is 0 Å². The zero-order chi connectivity index (χ0) is 13.5. The van der Waals surface area contributed by atoms with Crippen LogP contribution in [0.3, 0.4) is 0 Å². The summed E-state index contributed by atoms with van der Waals surface area (Å²) in [6.45, 7) is 2.53. The first-order chi connectivity index (χ1) is 6.00. The molecule has 0 fully saturated rings. The van der Waals surface area contributed by atoms with Gasteiger partial charge in [0, 0.05) is 0 Å². The molecule has 9 nitrogen and oxygen atoms in total. The Morgan fingerprint density at radius 3 is 0.588 bits per heavy atom. The second kappa shape index (κ2) is 13.8. The van der Waals surface area contributed by atoms with Crippen molar-refractivity contribution in [1.29, 1.82) is 0 Å². The predicted octanol–water partition coefficient (Wildman–Crippen LogP) is -7.69. The Labute approximate surface area is 162 Å². The summed E-state index contributed by atoms with van der Waals surface area (Å²) >= 11 is 0. The van der Waals surface area contributed by atoms with Crippen LogP contribution in [0.15, 0.2) is 0 Å². The molecule has 0 heterocycles. The van der Waals surface area contributed by atoms with Gasteiger partial charge in [-0.15, -0.1) is 0 Å². The Bertz CT molecular complexity index is 105. The summed E-state index contributed by atoms with van der Waals surface area (Å²) in [5.74, 6) is 0. The zero-order valence-corrected chi connectivity index (χ0v) is 17.2. The summed E-state index contributed by atoms with van der Waals surface area (Å²) in [6, 6.07) is 0. The fourth-order valence-electron chi connectivity index (χ4n) is 0. The van der Waals surface area contributed by atoms with E-state index in [0.717, 1.165) is 19.6 Å². The Kier molecular flexibility index (Phi) is 25.9. The summed E-state index contributed by atoms with van der Waals surface area (Å²) in [5.41, 5.74) is 0. The van der Waals surface area contributed by atoms with Gasteiger partial charge in [0.2, 0.25) is 17.6 Å². The molecule has 0 saturated carbocycles. The first kappa shape index (κ1) is 32.0. The molecule has 0 aliphatic carbocycles. The van der Waals surface area contributed by atoms with Crippen molar-refractivity contribution in [2.45, 2.75) is 19.6 Å². The minimum absolute atomic E-state index is 0. The van der Waals surface area contributed by atoms with E-state index < -0.39 is 26.4 Å². The Morgan fingerprint density at radius 1 is 0.588 bits per heavy atom. The fraction of sp³-hybridized carbons (Fsp3) is 1.00. The van der Waals surface area contributed by atoms with Gasteiger partial charge in [-0.3, -0.25) is 0 Å². The van der Waals surface area contributed by atoms with Crippen molar-refractivity contribution in [1.82, 2.24) is 0 Å². The van der Waals surface area contributed by atoms with Gasteiger partial charge in [-0.1, -0.05) is 6.55 Å². The van der Waals surface area contributed by atoms with Gasteiger partial charge in [0.15, 0.2) is 0 Å². The number of hydrogen-bond donors (Lipinski definition) is 5. The van der Waals surface area contributed by atoms with Crippen LogP contribution in [0.1, 0.15) is 0 Å². The molecule has 0 saturated heterocycles. The average Bonchev–Trinajstić information content (AvgIpc) is 1.41. The van der Waals surface area contributed by atoms with E-state index in [4.69, 9.17) is 24.0 Å². The summed E-state index contributed by atoms with van der Waals surface area (Å²) in [6.07, 6.45) is 0. The molecule has 0 aliphatic heterocycles. The van der Waals surface area contributed by atoms with Crippen LogP contribution in [0, 0.1) is 0 Å². The molecule has 0 spiro atoms. The van der Waals surface area contributed by atoms with Crippen LogP contribution >= 0.6 is 0 Å². The maximum atomic E-state index is 9.35. The second-order valence-electron chi connectivity index (χ2n) is 2.77. The molecule has 0 aromatic heterocycles. The normalized spacial score (nSPS) is 10.6. The van der Waals surface area contributed by atoms with E-state index in [0.29, 0.717) is 0 Å². The van der Waals surface area contributed by atoms with Crippen molar-refractivity contribution >= 4 is 102 Å². The molecule has 14 heteroatoms. The van der Waals surface area contributed by atoms with Crippen LogP contribution in [0.5, 0.6) is 0 Å². The Balaban J connectivity index is -0.0000000400. The van der Waals surface area contributed by atoms with Gasteiger partial charge in [0.25, 0.3) is 0 Å². The third-order valence-electron chi connectivity index (χ3n) is 0. The molecule has 0 unspecified atom stereocenters. The summed E-state index contributed by atoms with van der Waals surface area (Å²) < 4.78 is 0. The van der Waals surface area contributed by atoms with E-state index in [1.165, 1.54) is 0 Å². The van der Waals surface area contributed by atoms with Gasteiger partial charge in [-0.2, -0.15) is 0 Å². The van der Waals surface area contributed by atoms with Gasteiger partial charge in [-0.25, -0.2) is 0 Å². The van der Waals surface area contributed by atoms with Crippen LogP contribution < -0.4 is 19.2 Å². The predicted molar refractivity (Wildman–Crippen MR) is 57.5 cm³/mol. The molecule has 0 aromatic rings. The van der Waals surface area contributed by atoms with E-state index >= 15 is 0 Å². The Morgan fingerprint density at radius 2 is 0.588 bits per heavy atom. The molecule has 0 aromatic carbocycles. The first-order valence-corrected chi connectivity index (χ1v) is 10.3. The molecule has 0 radical (unpaired) electrons. The largest absolute Gasteiger partial charge is 2.00 e. The third kappa shape index (κ3) is 673. The third-order valence-corrected chi connectivity index (χ3v) is 0. The number of rotatable bonds is 0.